The van der Waals surface area contributed by atoms with Gasteiger partial charge in [0.1, 0.15) is 0 Å². The van der Waals surface area contributed by atoms with Crippen LogP contribution in [-0.4, -0.2) is 47.8 Å². The SMILES string of the molecule is CC(C)C/C=C1\C[C@@]2(C)[C@H](CC1=O)C[C@@H](O)[C@@H]1[C@@H]2C[C@H](O)[C@]2(C)[C@@H]([C@H](C)CCCOS(=O)(=O)O)CC[C@@H]12. The summed E-state index contributed by atoms with van der Waals surface area (Å²) in [5.41, 5.74) is 0.547. The number of fused-ring (bicyclic) bond motifs is 5. The summed E-state index contributed by atoms with van der Waals surface area (Å²) < 4.78 is 35.1. The Morgan fingerprint density at radius 3 is 2.46 bits per heavy atom. The van der Waals surface area contributed by atoms with E-state index >= 15 is 0 Å². The zero-order valence-electron chi connectivity index (χ0n) is 23.2. The summed E-state index contributed by atoms with van der Waals surface area (Å²) in [6, 6.07) is 0. The molecule has 10 atom stereocenters. The van der Waals surface area contributed by atoms with Crippen molar-refractivity contribution in [3.63, 3.8) is 0 Å². The van der Waals surface area contributed by atoms with E-state index in [1.54, 1.807) is 0 Å². The molecule has 0 aromatic rings. The fourth-order valence-corrected chi connectivity index (χ4v) is 9.57. The van der Waals surface area contributed by atoms with Crippen molar-refractivity contribution >= 4 is 16.2 Å². The Labute approximate surface area is 223 Å². The lowest BCUT2D eigenvalue weighted by Gasteiger charge is -2.63. The van der Waals surface area contributed by atoms with Crippen LogP contribution in [0.3, 0.4) is 0 Å². The molecule has 0 unspecified atom stereocenters. The molecule has 4 aliphatic rings. The number of allylic oxidation sites excluding steroid dienone is 2. The average Bonchev–Trinajstić information content (AvgIpc) is 3.15. The lowest BCUT2D eigenvalue weighted by atomic mass is 9.42. The van der Waals surface area contributed by atoms with Crippen molar-refractivity contribution in [3.05, 3.63) is 11.6 Å². The van der Waals surface area contributed by atoms with E-state index < -0.39 is 22.6 Å². The molecular weight excluding hydrogens is 492 g/mol. The van der Waals surface area contributed by atoms with Gasteiger partial charge in [0, 0.05) is 6.42 Å². The highest BCUT2D eigenvalue weighted by Crippen LogP contribution is 2.68. The van der Waals surface area contributed by atoms with Crippen LogP contribution >= 0.6 is 0 Å². The van der Waals surface area contributed by atoms with Crippen LogP contribution in [0.4, 0.5) is 0 Å². The van der Waals surface area contributed by atoms with Crippen molar-refractivity contribution < 1.29 is 32.2 Å². The number of aliphatic hydroxyl groups is 2. The zero-order chi connectivity index (χ0) is 27.3. The van der Waals surface area contributed by atoms with E-state index in [0.29, 0.717) is 31.6 Å². The van der Waals surface area contributed by atoms with Crippen LogP contribution < -0.4 is 0 Å². The molecule has 212 valence electrons. The first kappa shape index (κ1) is 29.2. The van der Waals surface area contributed by atoms with Gasteiger partial charge >= 0.3 is 10.4 Å². The van der Waals surface area contributed by atoms with E-state index in [0.717, 1.165) is 37.7 Å². The number of Topliss-reactive ketones (excluding diaryl/α,β-unsaturated/α-hetero) is 1. The number of carbonyl (C=O) groups excluding carboxylic acids is 1. The third kappa shape index (κ3) is 5.47. The summed E-state index contributed by atoms with van der Waals surface area (Å²) in [7, 11) is -4.42. The monoisotopic (exact) mass is 540 g/mol. The van der Waals surface area contributed by atoms with Gasteiger partial charge < -0.3 is 10.2 Å². The Morgan fingerprint density at radius 2 is 1.81 bits per heavy atom. The van der Waals surface area contributed by atoms with Crippen LogP contribution in [0.15, 0.2) is 11.6 Å². The summed E-state index contributed by atoms with van der Waals surface area (Å²) in [5.74, 6) is 1.94. The Kier molecular flexibility index (Phi) is 8.40. The smallest absolute Gasteiger partial charge is 0.393 e. The quantitative estimate of drug-likeness (QED) is 0.226. The Balaban J connectivity index is 1.54. The van der Waals surface area contributed by atoms with Gasteiger partial charge in [0.2, 0.25) is 0 Å². The second kappa shape index (κ2) is 10.6. The molecule has 0 bridgehead atoms. The van der Waals surface area contributed by atoms with Gasteiger partial charge in [0.05, 0.1) is 18.8 Å². The molecule has 0 radical (unpaired) electrons. The predicted octanol–water partition coefficient (Wildman–Crippen LogP) is 4.97. The summed E-state index contributed by atoms with van der Waals surface area (Å²) in [6.45, 7) is 11.0. The molecule has 0 aliphatic heterocycles. The standard InChI is InChI=1S/C29H48O7S/c1-17(2)8-9-19-16-28(4)20(13-24(19)30)14-25(31)27-22-11-10-21(29(22,5)26(32)15-23(27)28)18(3)7-6-12-36-37(33,34)35/h9,17-18,20-23,25-27,31-32H,6-8,10-16H2,1-5H3,(H,33,34,35)/b19-9+/t18-,20-,21-,22+,23+,25-,26+,27+,28+,29-/m1/s1. The van der Waals surface area contributed by atoms with E-state index in [1.807, 2.05) is 0 Å². The number of hydrogen-bond donors (Lipinski definition) is 3. The molecule has 0 aromatic heterocycles. The minimum absolute atomic E-state index is 0.0485. The normalized spacial score (nSPS) is 44.0. The first-order chi connectivity index (χ1) is 17.2. The summed E-state index contributed by atoms with van der Waals surface area (Å²) >= 11 is 0. The minimum Gasteiger partial charge on any atom is -0.393 e. The lowest BCUT2D eigenvalue weighted by molar-refractivity contribution is -0.197. The van der Waals surface area contributed by atoms with Crippen molar-refractivity contribution in [2.75, 3.05) is 6.61 Å². The van der Waals surface area contributed by atoms with Gasteiger partial charge in [0.15, 0.2) is 5.78 Å². The maximum absolute atomic E-state index is 13.0. The highest BCUT2D eigenvalue weighted by atomic mass is 32.3. The Morgan fingerprint density at radius 1 is 1.11 bits per heavy atom. The highest BCUT2D eigenvalue weighted by Gasteiger charge is 2.66. The third-order valence-electron chi connectivity index (χ3n) is 11.2. The zero-order valence-corrected chi connectivity index (χ0v) is 24.0. The maximum Gasteiger partial charge on any atom is 0.397 e. The fourth-order valence-electron chi connectivity index (χ4n) is 9.24. The first-order valence-corrected chi connectivity index (χ1v) is 15.7. The summed E-state index contributed by atoms with van der Waals surface area (Å²) in [6.07, 6.45) is 7.90. The molecule has 37 heavy (non-hydrogen) atoms. The van der Waals surface area contributed by atoms with E-state index in [1.165, 1.54) is 0 Å². The van der Waals surface area contributed by atoms with Gasteiger partial charge in [-0.05, 0) is 109 Å². The molecule has 8 heteroatoms. The van der Waals surface area contributed by atoms with Crippen LogP contribution in [0.2, 0.25) is 0 Å². The van der Waals surface area contributed by atoms with Gasteiger partial charge in [-0.15, -0.1) is 0 Å². The van der Waals surface area contributed by atoms with Crippen LogP contribution in [0.25, 0.3) is 0 Å². The van der Waals surface area contributed by atoms with Gasteiger partial charge in [-0.2, -0.15) is 8.42 Å². The molecule has 4 aliphatic carbocycles. The molecule has 0 spiro atoms. The molecule has 7 nitrogen and oxygen atoms in total. The maximum atomic E-state index is 13.0. The Hall–Kier alpha value is -0.800. The molecule has 4 rings (SSSR count). The van der Waals surface area contributed by atoms with E-state index in [4.69, 9.17) is 4.55 Å². The van der Waals surface area contributed by atoms with E-state index in [2.05, 4.69) is 44.9 Å². The third-order valence-corrected chi connectivity index (χ3v) is 11.6. The van der Waals surface area contributed by atoms with Crippen LogP contribution in [0, 0.1) is 52.3 Å². The molecule has 0 saturated heterocycles. The molecule has 0 amide bonds. The van der Waals surface area contributed by atoms with E-state index in [9.17, 15) is 23.4 Å². The molecule has 4 fully saturated rings. The van der Waals surface area contributed by atoms with Gasteiger partial charge in [-0.1, -0.05) is 40.7 Å². The van der Waals surface area contributed by atoms with Crippen LogP contribution in [0.1, 0.15) is 92.4 Å². The number of rotatable bonds is 8. The minimum atomic E-state index is -4.42. The second-order valence-corrected chi connectivity index (χ2v) is 14.7. The predicted molar refractivity (Wildman–Crippen MR) is 142 cm³/mol. The lowest BCUT2D eigenvalue weighted by Crippen LogP contribution is -2.62. The summed E-state index contributed by atoms with van der Waals surface area (Å²) in [5, 5.41) is 23.3. The van der Waals surface area contributed by atoms with Crippen LogP contribution in [-0.2, 0) is 19.4 Å². The van der Waals surface area contributed by atoms with Crippen molar-refractivity contribution in [2.24, 2.45) is 52.3 Å². The number of hydrogen-bond acceptors (Lipinski definition) is 6. The van der Waals surface area contributed by atoms with Crippen molar-refractivity contribution in [2.45, 2.75) is 105 Å². The first-order valence-electron chi connectivity index (χ1n) is 14.4. The van der Waals surface area contributed by atoms with Gasteiger partial charge in [-0.3, -0.25) is 9.35 Å². The molecule has 4 saturated carbocycles. The number of carbonyl (C=O) groups is 1. The summed E-state index contributed by atoms with van der Waals surface area (Å²) in [4.78, 5) is 13.0. The molecular formula is C29H48O7S. The average molecular weight is 541 g/mol. The largest absolute Gasteiger partial charge is 0.397 e. The van der Waals surface area contributed by atoms with Gasteiger partial charge in [0.25, 0.3) is 0 Å². The molecule has 0 aromatic carbocycles. The van der Waals surface area contributed by atoms with Crippen molar-refractivity contribution in [1.29, 1.82) is 0 Å². The number of aliphatic hydroxyl groups excluding tert-OH is 2. The Bertz CT molecular complexity index is 990. The van der Waals surface area contributed by atoms with Crippen molar-refractivity contribution in [3.8, 4) is 0 Å². The topological polar surface area (TPSA) is 121 Å². The molecule has 0 heterocycles. The van der Waals surface area contributed by atoms with Crippen molar-refractivity contribution in [1.82, 2.24) is 0 Å². The molecule has 3 N–H and O–H groups in total. The highest BCUT2D eigenvalue weighted by molar-refractivity contribution is 7.80. The number of ketones is 1. The van der Waals surface area contributed by atoms with E-state index in [-0.39, 0.29) is 58.7 Å². The fraction of sp³-hybridized carbons (Fsp3) is 0.897. The van der Waals surface area contributed by atoms with Crippen LogP contribution in [0.5, 0.6) is 0 Å². The van der Waals surface area contributed by atoms with Gasteiger partial charge in [-0.25, -0.2) is 4.18 Å². The second-order valence-electron chi connectivity index (χ2n) is 13.6.